The summed E-state index contributed by atoms with van der Waals surface area (Å²) in [5, 5.41) is 0. The Balaban J connectivity index is 2.22. The topological polar surface area (TPSA) is 31.0 Å². The molecule has 0 bridgehead atoms. The Labute approximate surface area is 96.3 Å². The maximum Gasteiger partial charge on any atom is 0.225 e. The van der Waals surface area contributed by atoms with E-state index in [2.05, 4.69) is 0 Å². The lowest BCUT2D eigenvalue weighted by atomic mass is 9.98. The summed E-state index contributed by atoms with van der Waals surface area (Å²) >= 11 is 0. The van der Waals surface area contributed by atoms with E-state index in [9.17, 15) is 0 Å². The van der Waals surface area contributed by atoms with Crippen LogP contribution < -0.4 is 0 Å². The first-order valence-corrected chi connectivity index (χ1v) is 5.39. The summed E-state index contributed by atoms with van der Waals surface area (Å²) in [6, 6.07) is 8.15. The van der Waals surface area contributed by atoms with Crippen LogP contribution in [-0.2, 0) is 26.6 Å². The SMILES string of the molecule is COCc1ccc(C2(OC)OC2(C)C)cc1. The molecule has 1 aliphatic heterocycles. The summed E-state index contributed by atoms with van der Waals surface area (Å²) < 4.78 is 16.2. The number of hydrogen-bond donors (Lipinski definition) is 0. The maximum atomic E-state index is 5.67. The molecule has 88 valence electrons. The Bertz CT molecular complexity index is 369. The second-order valence-corrected chi connectivity index (χ2v) is 4.56. The minimum Gasteiger partial charge on any atom is -0.380 e. The normalized spacial score (nSPS) is 26.8. The molecule has 0 aromatic heterocycles. The molecule has 0 aliphatic carbocycles. The number of methoxy groups -OCH3 is 2. The molecule has 1 atom stereocenters. The van der Waals surface area contributed by atoms with Crippen LogP contribution in [0.2, 0.25) is 0 Å². The van der Waals surface area contributed by atoms with Crippen LogP contribution in [0.1, 0.15) is 25.0 Å². The van der Waals surface area contributed by atoms with Crippen molar-refractivity contribution >= 4 is 0 Å². The highest BCUT2D eigenvalue weighted by Crippen LogP contribution is 2.55. The fourth-order valence-corrected chi connectivity index (χ4v) is 2.13. The van der Waals surface area contributed by atoms with Gasteiger partial charge in [-0.25, -0.2) is 0 Å². The molecule has 0 radical (unpaired) electrons. The first kappa shape index (κ1) is 11.6. The van der Waals surface area contributed by atoms with Crippen LogP contribution in [0.15, 0.2) is 24.3 Å². The van der Waals surface area contributed by atoms with Gasteiger partial charge in [0.25, 0.3) is 0 Å². The summed E-state index contributed by atoms with van der Waals surface area (Å²) in [7, 11) is 3.37. The van der Waals surface area contributed by atoms with Gasteiger partial charge in [0.05, 0.1) is 6.61 Å². The van der Waals surface area contributed by atoms with Crippen LogP contribution in [0.5, 0.6) is 0 Å². The van der Waals surface area contributed by atoms with E-state index in [-0.39, 0.29) is 5.60 Å². The molecule has 0 saturated carbocycles. The van der Waals surface area contributed by atoms with Gasteiger partial charge in [0.2, 0.25) is 5.79 Å². The van der Waals surface area contributed by atoms with E-state index in [0.717, 1.165) is 11.1 Å². The van der Waals surface area contributed by atoms with Crippen LogP contribution in [0.25, 0.3) is 0 Å². The molecule has 1 aromatic carbocycles. The van der Waals surface area contributed by atoms with Crippen LogP contribution in [0, 0.1) is 0 Å². The number of hydrogen-bond acceptors (Lipinski definition) is 3. The number of epoxide rings is 1. The summed E-state index contributed by atoms with van der Waals surface area (Å²) in [4.78, 5) is 0. The molecule has 2 rings (SSSR count). The van der Waals surface area contributed by atoms with Crippen LogP contribution in [0.3, 0.4) is 0 Å². The fraction of sp³-hybridized carbons (Fsp3) is 0.538. The number of rotatable bonds is 4. The Morgan fingerprint density at radius 1 is 1.12 bits per heavy atom. The van der Waals surface area contributed by atoms with E-state index in [0.29, 0.717) is 6.61 Å². The monoisotopic (exact) mass is 222 g/mol. The molecular weight excluding hydrogens is 204 g/mol. The average molecular weight is 222 g/mol. The Hall–Kier alpha value is -0.900. The predicted molar refractivity (Wildman–Crippen MR) is 61.0 cm³/mol. The molecule has 1 heterocycles. The Kier molecular flexibility index (Phi) is 2.78. The fourth-order valence-electron chi connectivity index (χ4n) is 2.13. The smallest absolute Gasteiger partial charge is 0.225 e. The summed E-state index contributed by atoms with van der Waals surface area (Å²) in [6.45, 7) is 4.68. The molecular formula is C13H18O3. The van der Waals surface area contributed by atoms with Crippen LogP contribution in [0.4, 0.5) is 0 Å². The van der Waals surface area contributed by atoms with Gasteiger partial charge in [-0.3, -0.25) is 0 Å². The summed E-state index contributed by atoms with van der Waals surface area (Å²) in [5.41, 5.74) is 1.96. The van der Waals surface area contributed by atoms with E-state index >= 15 is 0 Å². The molecule has 1 fully saturated rings. The molecule has 16 heavy (non-hydrogen) atoms. The van der Waals surface area contributed by atoms with Gasteiger partial charge < -0.3 is 14.2 Å². The zero-order valence-corrected chi connectivity index (χ0v) is 10.2. The van der Waals surface area contributed by atoms with Gasteiger partial charge in [0.1, 0.15) is 5.60 Å². The van der Waals surface area contributed by atoms with Gasteiger partial charge in [-0.05, 0) is 19.4 Å². The van der Waals surface area contributed by atoms with Crippen molar-refractivity contribution in [2.24, 2.45) is 0 Å². The third-order valence-electron chi connectivity index (χ3n) is 3.08. The van der Waals surface area contributed by atoms with E-state index in [1.54, 1.807) is 14.2 Å². The first-order chi connectivity index (χ1) is 7.55. The van der Waals surface area contributed by atoms with Crippen molar-refractivity contribution in [2.45, 2.75) is 31.8 Å². The van der Waals surface area contributed by atoms with Crippen molar-refractivity contribution in [3.63, 3.8) is 0 Å². The minimum atomic E-state index is -0.571. The van der Waals surface area contributed by atoms with Gasteiger partial charge >= 0.3 is 0 Å². The lowest BCUT2D eigenvalue weighted by Gasteiger charge is -2.14. The second kappa shape index (κ2) is 3.84. The van der Waals surface area contributed by atoms with Crippen molar-refractivity contribution in [3.05, 3.63) is 35.4 Å². The van der Waals surface area contributed by atoms with Gasteiger partial charge in [0.15, 0.2) is 0 Å². The van der Waals surface area contributed by atoms with E-state index < -0.39 is 5.79 Å². The quantitative estimate of drug-likeness (QED) is 0.733. The number of benzene rings is 1. The molecule has 0 N–H and O–H groups in total. The lowest BCUT2D eigenvalue weighted by Crippen LogP contribution is -2.20. The average Bonchev–Trinajstić information content (AvgIpc) is 2.84. The van der Waals surface area contributed by atoms with Crippen LogP contribution in [-0.4, -0.2) is 19.8 Å². The zero-order valence-electron chi connectivity index (χ0n) is 10.2. The molecule has 3 nitrogen and oxygen atoms in total. The Morgan fingerprint density at radius 3 is 2.06 bits per heavy atom. The van der Waals surface area contributed by atoms with Crippen molar-refractivity contribution in [2.75, 3.05) is 14.2 Å². The number of ether oxygens (including phenoxy) is 3. The van der Waals surface area contributed by atoms with E-state index in [4.69, 9.17) is 14.2 Å². The molecule has 1 unspecified atom stereocenters. The van der Waals surface area contributed by atoms with Crippen molar-refractivity contribution in [1.82, 2.24) is 0 Å². The molecule has 0 spiro atoms. The molecule has 1 saturated heterocycles. The van der Waals surface area contributed by atoms with Crippen LogP contribution >= 0.6 is 0 Å². The minimum absolute atomic E-state index is 0.246. The molecule has 3 heteroatoms. The first-order valence-electron chi connectivity index (χ1n) is 5.39. The van der Waals surface area contributed by atoms with Gasteiger partial charge in [-0.2, -0.15) is 0 Å². The Morgan fingerprint density at radius 2 is 1.69 bits per heavy atom. The predicted octanol–water partition coefficient (Wildman–Crippen LogP) is 2.44. The highest BCUT2D eigenvalue weighted by Gasteiger charge is 2.66. The van der Waals surface area contributed by atoms with Crippen molar-refractivity contribution in [1.29, 1.82) is 0 Å². The molecule has 1 aromatic rings. The summed E-state index contributed by atoms with van der Waals surface area (Å²) in [6.07, 6.45) is 0. The third kappa shape index (κ3) is 1.65. The largest absolute Gasteiger partial charge is 0.380 e. The van der Waals surface area contributed by atoms with Gasteiger partial charge in [-0.15, -0.1) is 0 Å². The van der Waals surface area contributed by atoms with Crippen molar-refractivity contribution in [3.8, 4) is 0 Å². The third-order valence-corrected chi connectivity index (χ3v) is 3.08. The molecule has 1 aliphatic rings. The highest BCUT2D eigenvalue weighted by atomic mass is 16.8. The summed E-state index contributed by atoms with van der Waals surface area (Å²) in [5.74, 6) is -0.571. The van der Waals surface area contributed by atoms with E-state index in [1.807, 2.05) is 38.1 Å². The maximum absolute atomic E-state index is 5.67. The lowest BCUT2D eigenvalue weighted by molar-refractivity contribution is -0.0148. The highest BCUT2D eigenvalue weighted by molar-refractivity contribution is 5.32. The standard InChI is InChI=1S/C13H18O3/c1-12(2)13(15-4,16-12)11-7-5-10(6-8-11)9-14-3/h5-8H,9H2,1-4H3. The molecule has 0 amide bonds. The van der Waals surface area contributed by atoms with Gasteiger partial charge in [0, 0.05) is 19.8 Å². The zero-order chi connectivity index (χ0) is 11.8. The second-order valence-electron chi connectivity index (χ2n) is 4.56. The van der Waals surface area contributed by atoms with E-state index in [1.165, 1.54) is 0 Å². The van der Waals surface area contributed by atoms with Crippen molar-refractivity contribution < 1.29 is 14.2 Å². The van der Waals surface area contributed by atoms with Gasteiger partial charge in [-0.1, -0.05) is 24.3 Å².